The molecule has 1 aromatic heterocycles. The van der Waals surface area contributed by atoms with Crippen molar-refractivity contribution in [2.24, 2.45) is 0 Å². The van der Waals surface area contributed by atoms with E-state index in [2.05, 4.69) is 4.98 Å². The first-order valence-electron chi connectivity index (χ1n) is 7.00. The number of alkyl halides is 4. The molecule has 142 valence electrons. The summed E-state index contributed by atoms with van der Waals surface area (Å²) in [5.41, 5.74) is -2.83. The van der Waals surface area contributed by atoms with Gasteiger partial charge in [0.05, 0.1) is 23.4 Å². The molecule has 1 aliphatic heterocycles. The number of sulfone groups is 1. The number of nitriles is 1. The number of nitrogens with zero attached hydrogens (tertiary/aromatic N) is 2. The average Bonchev–Trinajstić information content (AvgIpc) is 2.71. The van der Waals surface area contributed by atoms with Gasteiger partial charge in [-0.25, -0.2) is 26.6 Å². The van der Waals surface area contributed by atoms with Crippen molar-refractivity contribution in [3.05, 3.63) is 46.9 Å². The van der Waals surface area contributed by atoms with Gasteiger partial charge in [-0.3, -0.25) is 0 Å². The SMILES string of the molecule is N#Cc1cc(F)cc(Oc2cnc3c(c2C(F)F)C(O)C(F)(F)S3(=O)=O)c1. The molecular formula is C15H7F5N2O4S. The minimum absolute atomic E-state index is 0.216. The largest absolute Gasteiger partial charge is 0.455 e. The van der Waals surface area contributed by atoms with Crippen molar-refractivity contribution in [3.63, 3.8) is 0 Å². The number of halogens is 5. The maximum Gasteiger partial charge on any atom is 0.380 e. The summed E-state index contributed by atoms with van der Waals surface area (Å²) in [6.45, 7) is 0. The van der Waals surface area contributed by atoms with Gasteiger partial charge in [0.2, 0.25) is 0 Å². The van der Waals surface area contributed by atoms with Crippen LogP contribution in [0, 0.1) is 17.1 Å². The van der Waals surface area contributed by atoms with Crippen molar-refractivity contribution < 1.29 is 40.2 Å². The predicted molar refractivity (Wildman–Crippen MR) is 77.5 cm³/mol. The molecular weight excluding hydrogens is 399 g/mol. The molecule has 1 aliphatic rings. The zero-order valence-electron chi connectivity index (χ0n) is 12.8. The Morgan fingerprint density at radius 3 is 2.56 bits per heavy atom. The second-order valence-corrected chi connectivity index (χ2v) is 7.35. The lowest BCUT2D eigenvalue weighted by Gasteiger charge is -2.16. The lowest BCUT2D eigenvalue weighted by atomic mass is 10.0. The number of aromatic nitrogens is 1. The molecule has 0 aliphatic carbocycles. The molecule has 0 radical (unpaired) electrons. The maximum atomic E-state index is 13.8. The number of fused-ring (bicyclic) bond motifs is 1. The van der Waals surface area contributed by atoms with Gasteiger partial charge in [0, 0.05) is 11.6 Å². The van der Waals surface area contributed by atoms with Gasteiger partial charge in [0.25, 0.3) is 16.3 Å². The van der Waals surface area contributed by atoms with Gasteiger partial charge in [0.15, 0.2) is 16.9 Å². The van der Waals surface area contributed by atoms with E-state index in [9.17, 15) is 35.5 Å². The van der Waals surface area contributed by atoms with Crippen LogP contribution >= 0.6 is 0 Å². The molecule has 27 heavy (non-hydrogen) atoms. The molecule has 2 heterocycles. The van der Waals surface area contributed by atoms with Crippen LogP contribution in [-0.4, -0.2) is 23.8 Å². The first-order chi connectivity index (χ1) is 12.5. The summed E-state index contributed by atoms with van der Waals surface area (Å²) >= 11 is 0. The highest BCUT2D eigenvalue weighted by Gasteiger charge is 2.63. The summed E-state index contributed by atoms with van der Waals surface area (Å²) in [6.07, 6.45) is -6.16. The number of hydrogen-bond acceptors (Lipinski definition) is 6. The molecule has 1 aromatic carbocycles. The molecule has 2 aromatic rings. The molecule has 0 saturated heterocycles. The maximum absolute atomic E-state index is 13.8. The number of benzene rings is 1. The monoisotopic (exact) mass is 406 g/mol. The van der Waals surface area contributed by atoms with Gasteiger partial charge < -0.3 is 9.84 Å². The van der Waals surface area contributed by atoms with Crippen LogP contribution in [0.5, 0.6) is 11.5 Å². The van der Waals surface area contributed by atoms with Gasteiger partial charge in [-0.1, -0.05) is 0 Å². The number of ether oxygens (including phenoxy) is 1. The summed E-state index contributed by atoms with van der Waals surface area (Å²) in [7, 11) is -5.48. The van der Waals surface area contributed by atoms with Gasteiger partial charge in [-0.2, -0.15) is 14.0 Å². The molecule has 0 amide bonds. The van der Waals surface area contributed by atoms with Crippen LogP contribution in [0.15, 0.2) is 29.4 Å². The number of pyridine rings is 1. The van der Waals surface area contributed by atoms with E-state index in [0.29, 0.717) is 6.20 Å². The summed E-state index contributed by atoms with van der Waals surface area (Å²) in [5.74, 6) is -2.24. The molecule has 0 spiro atoms. The van der Waals surface area contributed by atoms with Crippen LogP contribution in [0.1, 0.15) is 29.2 Å². The molecule has 3 rings (SSSR count). The van der Waals surface area contributed by atoms with E-state index in [-0.39, 0.29) is 5.56 Å². The lowest BCUT2D eigenvalue weighted by Crippen LogP contribution is -2.29. The Labute approximate surface area is 148 Å². The summed E-state index contributed by atoms with van der Waals surface area (Å²) in [6, 6.07) is 4.14. The highest BCUT2D eigenvalue weighted by Crippen LogP contribution is 2.52. The first-order valence-corrected chi connectivity index (χ1v) is 8.49. The van der Waals surface area contributed by atoms with E-state index in [1.54, 1.807) is 6.07 Å². The van der Waals surface area contributed by atoms with Gasteiger partial charge in [-0.05, 0) is 12.1 Å². The van der Waals surface area contributed by atoms with Crippen molar-refractivity contribution in [3.8, 4) is 17.6 Å². The van der Waals surface area contributed by atoms with Crippen molar-refractivity contribution in [1.82, 2.24) is 4.98 Å². The third kappa shape index (κ3) is 2.79. The Morgan fingerprint density at radius 1 is 1.30 bits per heavy atom. The highest BCUT2D eigenvalue weighted by atomic mass is 32.2. The van der Waals surface area contributed by atoms with Crippen molar-refractivity contribution in [1.29, 1.82) is 5.26 Å². The number of hydrogen-bond donors (Lipinski definition) is 1. The summed E-state index contributed by atoms with van der Waals surface area (Å²) < 4.78 is 96.6. The van der Waals surface area contributed by atoms with E-state index in [1.807, 2.05) is 0 Å². The van der Waals surface area contributed by atoms with Crippen molar-refractivity contribution >= 4 is 9.84 Å². The van der Waals surface area contributed by atoms with Crippen LogP contribution in [0.2, 0.25) is 0 Å². The quantitative estimate of drug-likeness (QED) is 0.786. The minimum atomic E-state index is -5.48. The molecule has 0 bridgehead atoms. The smallest absolute Gasteiger partial charge is 0.380 e. The van der Waals surface area contributed by atoms with E-state index in [0.717, 1.165) is 18.2 Å². The van der Waals surface area contributed by atoms with Gasteiger partial charge >= 0.3 is 5.25 Å². The molecule has 0 fully saturated rings. The third-order valence-corrected chi connectivity index (χ3v) is 5.51. The third-order valence-electron chi connectivity index (χ3n) is 3.74. The molecule has 1 atom stereocenters. The van der Waals surface area contributed by atoms with E-state index >= 15 is 0 Å². The number of rotatable bonds is 3. The predicted octanol–water partition coefficient (Wildman–Crippen LogP) is 3.24. The molecule has 12 heteroatoms. The second kappa shape index (κ2) is 6.14. The van der Waals surface area contributed by atoms with Crippen LogP contribution < -0.4 is 4.74 Å². The standard InChI is InChI=1S/C15H7F5N2O4S/c16-7-1-6(4-21)2-8(3-7)26-9-5-22-14-11(10(9)13(17)18)12(23)15(19,20)27(14,24)25/h1-3,5,12-13,23H. The van der Waals surface area contributed by atoms with E-state index in [4.69, 9.17) is 10.00 Å². The van der Waals surface area contributed by atoms with Crippen LogP contribution in [-0.2, 0) is 9.84 Å². The number of aliphatic hydroxyl groups excluding tert-OH is 1. The van der Waals surface area contributed by atoms with Gasteiger partial charge in [0.1, 0.15) is 11.6 Å². The van der Waals surface area contributed by atoms with Crippen LogP contribution in [0.4, 0.5) is 22.0 Å². The molecule has 1 unspecified atom stereocenters. The van der Waals surface area contributed by atoms with Crippen molar-refractivity contribution in [2.75, 3.05) is 0 Å². The first kappa shape index (κ1) is 19.0. The average molecular weight is 406 g/mol. The van der Waals surface area contributed by atoms with E-state index < -0.39 is 61.1 Å². The zero-order valence-corrected chi connectivity index (χ0v) is 13.6. The Balaban J connectivity index is 2.20. The van der Waals surface area contributed by atoms with Crippen molar-refractivity contribution in [2.45, 2.75) is 22.8 Å². The molecule has 6 nitrogen and oxygen atoms in total. The van der Waals surface area contributed by atoms with Crippen LogP contribution in [0.3, 0.4) is 0 Å². The minimum Gasteiger partial charge on any atom is -0.455 e. The Morgan fingerprint density at radius 2 is 1.96 bits per heavy atom. The topological polar surface area (TPSA) is 100 Å². The lowest BCUT2D eigenvalue weighted by molar-refractivity contribution is -0.0392. The van der Waals surface area contributed by atoms with Gasteiger partial charge in [-0.15, -0.1) is 0 Å². The second-order valence-electron chi connectivity index (χ2n) is 5.41. The fraction of sp³-hybridized carbons (Fsp3) is 0.200. The summed E-state index contributed by atoms with van der Waals surface area (Å²) in [5, 5.41) is 12.3. The fourth-order valence-electron chi connectivity index (χ4n) is 2.55. The fourth-order valence-corrected chi connectivity index (χ4v) is 3.92. The molecule has 1 N–H and O–H groups in total. The van der Waals surface area contributed by atoms with E-state index in [1.165, 1.54) is 0 Å². The highest BCUT2D eigenvalue weighted by molar-refractivity contribution is 7.92. The zero-order chi connectivity index (χ0) is 20.1. The number of aliphatic hydroxyl groups is 1. The normalized spacial score (nSPS) is 19.6. The Kier molecular flexibility index (Phi) is 4.32. The Hall–Kier alpha value is -2.78. The Bertz CT molecular complexity index is 1080. The molecule has 0 saturated carbocycles. The summed E-state index contributed by atoms with van der Waals surface area (Å²) in [4.78, 5) is 3.22. The van der Waals surface area contributed by atoms with Crippen LogP contribution in [0.25, 0.3) is 0 Å².